The molecule has 1 aliphatic heterocycles. The number of carbonyl (C=O) groups is 1. The van der Waals surface area contributed by atoms with Gasteiger partial charge in [0.05, 0.1) is 0 Å². The molecule has 0 bridgehead atoms. The number of nitrogens with zero attached hydrogens (tertiary/aromatic N) is 1. The van der Waals surface area contributed by atoms with Gasteiger partial charge in [-0.3, -0.25) is 0 Å². The van der Waals surface area contributed by atoms with Crippen molar-refractivity contribution in [1.82, 2.24) is 10.6 Å². The lowest BCUT2D eigenvalue weighted by molar-refractivity contribution is 0.225. The second kappa shape index (κ2) is 6.16. The maximum absolute atomic E-state index is 11.8. The average Bonchev–Trinajstić information content (AvgIpc) is 2.38. The number of carbonyl (C=O) groups excluding carboxylic acids is 1. The van der Waals surface area contributed by atoms with Crippen LogP contribution in [0.3, 0.4) is 0 Å². The summed E-state index contributed by atoms with van der Waals surface area (Å²) in [5.41, 5.74) is 1.08. The lowest BCUT2D eigenvalue weighted by Crippen LogP contribution is -2.52. The number of nitrogens with one attached hydrogen (secondary N) is 2. The molecule has 0 unspecified atom stereocenters. The van der Waals surface area contributed by atoms with Gasteiger partial charge in [0.15, 0.2) is 0 Å². The van der Waals surface area contributed by atoms with Crippen molar-refractivity contribution in [3.63, 3.8) is 0 Å². The number of benzene rings is 1. The Labute approximate surface area is 121 Å². The largest absolute Gasteiger partial charge is 0.371 e. The van der Waals surface area contributed by atoms with Gasteiger partial charge in [0.25, 0.3) is 0 Å². The van der Waals surface area contributed by atoms with E-state index in [2.05, 4.69) is 39.8 Å². The lowest BCUT2D eigenvalue weighted by Gasteiger charge is -2.34. The quantitative estimate of drug-likeness (QED) is 0.871. The molecule has 1 saturated heterocycles. The molecule has 1 heterocycles. The van der Waals surface area contributed by atoms with Gasteiger partial charge in [0.2, 0.25) is 0 Å². The number of anilines is 1. The third-order valence-corrected chi connectivity index (χ3v) is 3.44. The molecule has 1 aliphatic rings. The number of hydrogen-bond donors (Lipinski definition) is 2. The summed E-state index contributed by atoms with van der Waals surface area (Å²) in [7, 11) is 0. The molecule has 2 rings (SSSR count). The van der Waals surface area contributed by atoms with Crippen molar-refractivity contribution in [2.24, 2.45) is 0 Å². The van der Waals surface area contributed by atoms with E-state index in [4.69, 9.17) is 0 Å². The summed E-state index contributed by atoms with van der Waals surface area (Å²) in [6, 6.07) is 10.7. The van der Waals surface area contributed by atoms with Crippen molar-refractivity contribution < 1.29 is 4.79 Å². The van der Waals surface area contributed by atoms with Crippen LogP contribution in [0.2, 0.25) is 0 Å². The van der Waals surface area contributed by atoms with Gasteiger partial charge in [-0.05, 0) is 45.7 Å². The van der Waals surface area contributed by atoms with Crippen molar-refractivity contribution in [2.45, 2.75) is 45.2 Å². The van der Waals surface area contributed by atoms with Crippen LogP contribution in [0, 0.1) is 0 Å². The Balaban J connectivity index is 1.79. The summed E-state index contributed by atoms with van der Waals surface area (Å²) in [6.45, 7) is 7.95. The van der Waals surface area contributed by atoms with Crippen molar-refractivity contribution >= 4 is 11.7 Å². The summed E-state index contributed by atoms with van der Waals surface area (Å²) in [5, 5.41) is 6.02. The van der Waals surface area contributed by atoms with Gasteiger partial charge in [0.1, 0.15) is 0 Å². The molecule has 2 amide bonds. The van der Waals surface area contributed by atoms with Crippen LogP contribution in [0.15, 0.2) is 30.3 Å². The van der Waals surface area contributed by atoms with E-state index in [0.717, 1.165) is 25.9 Å². The molecule has 0 aromatic heterocycles. The fraction of sp³-hybridized carbons (Fsp3) is 0.562. The van der Waals surface area contributed by atoms with Gasteiger partial charge < -0.3 is 15.5 Å². The number of rotatable bonds is 2. The number of urea groups is 1. The van der Waals surface area contributed by atoms with Crippen LogP contribution in [-0.2, 0) is 0 Å². The van der Waals surface area contributed by atoms with Crippen LogP contribution in [0.25, 0.3) is 0 Å². The molecule has 0 atom stereocenters. The molecule has 0 saturated carbocycles. The molecule has 1 fully saturated rings. The predicted molar refractivity (Wildman–Crippen MR) is 83.1 cm³/mol. The predicted octanol–water partition coefficient (Wildman–Crippen LogP) is 2.75. The summed E-state index contributed by atoms with van der Waals surface area (Å²) >= 11 is 0. The van der Waals surface area contributed by atoms with Crippen LogP contribution in [0.5, 0.6) is 0 Å². The van der Waals surface area contributed by atoms with Crippen molar-refractivity contribution in [1.29, 1.82) is 0 Å². The number of piperidine rings is 1. The summed E-state index contributed by atoms with van der Waals surface area (Å²) < 4.78 is 0. The molecule has 1 aromatic carbocycles. The number of hydrogen-bond acceptors (Lipinski definition) is 2. The van der Waals surface area contributed by atoms with Crippen LogP contribution in [0.4, 0.5) is 10.5 Å². The summed E-state index contributed by atoms with van der Waals surface area (Å²) in [5.74, 6) is 0. The van der Waals surface area contributed by atoms with Gasteiger partial charge in [-0.25, -0.2) is 4.79 Å². The average molecular weight is 275 g/mol. The first-order valence-electron chi connectivity index (χ1n) is 7.33. The minimum atomic E-state index is -0.186. The van der Waals surface area contributed by atoms with E-state index in [-0.39, 0.29) is 17.6 Å². The Morgan fingerprint density at radius 2 is 1.75 bits per heavy atom. The number of amides is 2. The Hall–Kier alpha value is -1.71. The van der Waals surface area contributed by atoms with Crippen LogP contribution in [-0.4, -0.2) is 30.7 Å². The van der Waals surface area contributed by atoms with Gasteiger partial charge >= 0.3 is 6.03 Å². The highest BCUT2D eigenvalue weighted by molar-refractivity contribution is 5.75. The fourth-order valence-electron chi connectivity index (χ4n) is 2.48. The van der Waals surface area contributed by atoms with Crippen molar-refractivity contribution in [3.05, 3.63) is 30.3 Å². The zero-order valence-electron chi connectivity index (χ0n) is 12.6. The Morgan fingerprint density at radius 1 is 1.15 bits per heavy atom. The second-order valence-corrected chi connectivity index (χ2v) is 6.45. The Kier molecular flexibility index (Phi) is 4.53. The lowest BCUT2D eigenvalue weighted by atomic mass is 10.0. The first-order valence-corrected chi connectivity index (χ1v) is 7.33. The normalized spacial score (nSPS) is 16.9. The maximum Gasteiger partial charge on any atom is 0.315 e. The highest BCUT2D eigenvalue weighted by Crippen LogP contribution is 2.19. The third-order valence-electron chi connectivity index (χ3n) is 3.44. The van der Waals surface area contributed by atoms with Gasteiger partial charge in [0, 0.05) is 30.4 Å². The third kappa shape index (κ3) is 4.44. The van der Waals surface area contributed by atoms with Crippen molar-refractivity contribution in [3.8, 4) is 0 Å². The first-order chi connectivity index (χ1) is 9.44. The van der Waals surface area contributed by atoms with E-state index in [1.54, 1.807) is 0 Å². The van der Waals surface area contributed by atoms with E-state index in [0.29, 0.717) is 0 Å². The van der Waals surface area contributed by atoms with Crippen LogP contribution >= 0.6 is 0 Å². The van der Waals surface area contributed by atoms with Crippen LogP contribution in [0.1, 0.15) is 33.6 Å². The highest BCUT2D eigenvalue weighted by Gasteiger charge is 2.22. The molecule has 0 spiro atoms. The smallest absolute Gasteiger partial charge is 0.315 e. The molecule has 1 aromatic rings. The molecule has 110 valence electrons. The molecular weight excluding hydrogens is 250 g/mol. The zero-order chi connectivity index (χ0) is 14.6. The van der Waals surface area contributed by atoms with E-state index < -0.39 is 0 Å². The minimum Gasteiger partial charge on any atom is -0.371 e. The molecule has 20 heavy (non-hydrogen) atoms. The Bertz CT molecular complexity index is 431. The molecule has 0 aliphatic carbocycles. The second-order valence-electron chi connectivity index (χ2n) is 6.45. The topological polar surface area (TPSA) is 44.4 Å². The van der Waals surface area contributed by atoms with Crippen LogP contribution < -0.4 is 15.5 Å². The van der Waals surface area contributed by atoms with E-state index in [1.807, 2.05) is 26.8 Å². The minimum absolute atomic E-state index is 0.0596. The molecule has 2 N–H and O–H groups in total. The molecule has 0 radical (unpaired) electrons. The van der Waals surface area contributed by atoms with Gasteiger partial charge in [-0.15, -0.1) is 0 Å². The summed E-state index contributed by atoms with van der Waals surface area (Å²) in [6.07, 6.45) is 1.99. The Morgan fingerprint density at radius 3 is 2.30 bits per heavy atom. The number of para-hydroxylation sites is 1. The molecular formula is C16H25N3O. The SMILES string of the molecule is CC(C)(C)NC(=O)NC1CCN(c2ccccc2)CC1. The molecule has 4 heteroatoms. The summed E-state index contributed by atoms with van der Waals surface area (Å²) in [4.78, 5) is 14.2. The highest BCUT2D eigenvalue weighted by atomic mass is 16.2. The molecule has 4 nitrogen and oxygen atoms in total. The van der Waals surface area contributed by atoms with E-state index >= 15 is 0 Å². The fourth-order valence-corrected chi connectivity index (χ4v) is 2.48. The van der Waals surface area contributed by atoms with E-state index in [1.165, 1.54) is 5.69 Å². The van der Waals surface area contributed by atoms with Gasteiger partial charge in [-0.1, -0.05) is 18.2 Å². The van der Waals surface area contributed by atoms with Crippen molar-refractivity contribution in [2.75, 3.05) is 18.0 Å². The van der Waals surface area contributed by atoms with E-state index in [9.17, 15) is 4.79 Å². The standard InChI is InChI=1S/C16H25N3O/c1-16(2,3)18-15(20)17-13-9-11-19(12-10-13)14-7-5-4-6-8-14/h4-8,13H,9-12H2,1-3H3,(H2,17,18,20). The maximum atomic E-state index is 11.8. The zero-order valence-corrected chi connectivity index (χ0v) is 12.6. The van der Waals surface area contributed by atoms with Gasteiger partial charge in [-0.2, -0.15) is 0 Å². The monoisotopic (exact) mass is 275 g/mol. The first kappa shape index (κ1) is 14.7.